The third-order valence-electron chi connectivity index (χ3n) is 5.49. The summed E-state index contributed by atoms with van der Waals surface area (Å²) in [6.45, 7) is 10.5. The van der Waals surface area contributed by atoms with E-state index in [1.54, 1.807) is 7.11 Å². The molecule has 2 rings (SSSR count). The van der Waals surface area contributed by atoms with E-state index in [0.717, 1.165) is 40.8 Å². The Hall–Kier alpha value is -2.16. The van der Waals surface area contributed by atoms with Gasteiger partial charge in [0.1, 0.15) is 17.2 Å². The Bertz CT molecular complexity index is 744. The number of rotatable bonds is 8. The Morgan fingerprint density at radius 1 is 0.889 bits per heavy atom. The molecule has 27 heavy (non-hydrogen) atoms. The molecule has 0 heterocycles. The predicted molar refractivity (Wildman–Crippen MR) is 113 cm³/mol. The van der Waals surface area contributed by atoms with Gasteiger partial charge in [0.15, 0.2) is 0 Å². The number of phenols is 2. The van der Waals surface area contributed by atoms with Gasteiger partial charge in [0.25, 0.3) is 0 Å². The van der Waals surface area contributed by atoms with E-state index in [-0.39, 0.29) is 16.9 Å². The van der Waals surface area contributed by atoms with E-state index in [2.05, 4.69) is 20.8 Å². The molecule has 2 aromatic carbocycles. The molecular formula is C24H34O3. The maximum absolute atomic E-state index is 10.7. The van der Waals surface area contributed by atoms with Gasteiger partial charge in [0.2, 0.25) is 0 Å². The molecule has 0 atom stereocenters. The van der Waals surface area contributed by atoms with Gasteiger partial charge < -0.3 is 14.9 Å². The number of aryl methyl sites for hydroxylation is 2. The highest BCUT2D eigenvalue weighted by atomic mass is 16.5. The van der Waals surface area contributed by atoms with Crippen molar-refractivity contribution >= 4 is 0 Å². The molecule has 3 nitrogen and oxygen atoms in total. The first kappa shape index (κ1) is 21.1. The number of benzene rings is 2. The second-order valence-corrected chi connectivity index (χ2v) is 8.23. The zero-order chi connectivity index (χ0) is 20.2. The van der Waals surface area contributed by atoms with Gasteiger partial charge in [-0.25, -0.2) is 0 Å². The average molecular weight is 371 g/mol. The van der Waals surface area contributed by atoms with Crippen LogP contribution in [0.4, 0.5) is 0 Å². The van der Waals surface area contributed by atoms with Crippen molar-refractivity contribution in [2.45, 2.75) is 72.1 Å². The van der Waals surface area contributed by atoms with E-state index in [1.807, 2.05) is 38.1 Å². The minimum absolute atomic E-state index is 0.0903. The summed E-state index contributed by atoms with van der Waals surface area (Å²) < 4.78 is 5.42. The molecule has 0 bridgehead atoms. The van der Waals surface area contributed by atoms with Crippen molar-refractivity contribution in [2.24, 2.45) is 0 Å². The van der Waals surface area contributed by atoms with Crippen LogP contribution in [-0.2, 0) is 5.41 Å². The molecule has 0 aromatic heterocycles. The number of methoxy groups -OCH3 is 1. The topological polar surface area (TPSA) is 49.7 Å². The molecule has 0 saturated heterocycles. The van der Waals surface area contributed by atoms with E-state index in [1.165, 1.54) is 19.3 Å². The molecule has 3 heteroatoms. The third kappa shape index (κ3) is 4.77. The monoisotopic (exact) mass is 370 g/mol. The third-order valence-corrected chi connectivity index (χ3v) is 5.49. The molecule has 0 amide bonds. The summed E-state index contributed by atoms with van der Waals surface area (Å²) >= 11 is 0. The second kappa shape index (κ2) is 8.69. The van der Waals surface area contributed by atoms with Crippen LogP contribution in [0.5, 0.6) is 17.2 Å². The highest BCUT2D eigenvalue weighted by Gasteiger charge is 2.24. The van der Waals surface area contributed by atoms with Crippen LogP contribution < -0.4 is 4.74 Å². The van der Waals surface area contributed by atoms with Gasteiger partial charge in [0.05, 0.1) is 12.7 Å². The fourth-order valence-corrected chi connectivity index (χ4v) is 3.85. The summed E-state index contributed by atoms with van der Waals surface area (Å²) in [5.74, 6) is 1.08. The van der Waals surface area contributed by atoms with Gasteiger partial charge in [0, 0.05) is 0 Å². The molecule has 0 aliphatic rings. The lowest BCUT2D eigenvalue weighted by molar-refractivity contribution is 0.408. The lowest BCUT2D eigenvalue weighted by Crippen LogP contribution is -2.17. The van der Waals surface area contributed by atoms with Gasteiger partial charge in [-0.15, -0.1) is 0 Å². The van der Waals surface area contributed by atoms with Crippen molar-refractivity contribution in [2.75, 3.05) is 7.11 Å². The van der Waals surface area contributed by atoms with Crippen molar-refractivity contribution < 1.29 is 14.9 Å². The maximum Gasteiger partial charge on any atom is 0.127 e. The van der Waals surface area contributed by atoms with Crippen LogP contribution in [0.15, 0.2) is 24.3 Å². The molecule has 0 unspecified atom stereocenters. The summed E-state index contributed by atoms with van der Waals surface area (Å²) in [6.07, 6.45) is 5.88. The Labute approximate surface area is 164 Å². The largest absolute Gasteiger partial charge is 0.507 e. The SMILES string of the molecule is CCCCCCC(C)(C)c1cc(O)c(-c2cc(C)c(OC)c(C)c2)c(O)c1. The molecule has 0 fully saturated rings. The van der Waals surface area contributed by atoms with Crippen LogP contribution in [0, 0.1) is 13.8 Å². The highest BCUT2D eigenvalue weighted by molar-refractivity contribution is 5.78. The molecule has 148 valence electrons. The summed E-state index contributed by atoms with van der Waals surface area (Å²) in [6, 6.07) is 7.50. The summed E-state index contributed by atoms with van der Waals surface area (Å²) in [5.41, 5.74) is 4.12. The average Bonchev–Trinajstić information content (AvgIpc) is 2.58. The van der Waals surface area contributed by atoms with Crippen molar-refractivity contribution in [1.82, 2.24) is 0 Å². The quantitative estimate of drug-likeness (QED) is 0.512. The van der Waals surface area contributed by atoms with Crippen molar-refractivity contribution in [1.29, 1.82) is 0 Å². The molecule has 0 spiro atoms. The number of ether oxygens (including phenoxy) is 1. The second-order valence-electron chi connectivity index (χ2n) is 8.23. The fraction of sp³-hybridized carbons (Fsp3) is 0.500. The molecule has 0 aliphatic heterocycles. The number of hydrogen-bond acceptors (Lipinski definition) is 3. The Morgan fingerprint density at radius 3 is 1.93 bits per heavy atom. The molecule has 0 saturated carbocycles. The maximum atomic E-state index is 10.7. The van der Waals surface area contributed by atoms with Crippen LogP contribution in [0.2, 0.25) is 0 Å². The van der Waals surface area contributed by atoms with Gasteiger partial charge in [-0.3, -0.25) is 0 Å². The van der Waals surface area contributed by atoms with Crippen LogP contribution in [0.3, 0.4) is 0 Å². The lowest BCUT2D eigenvalue weighted by Gasteiger charge is -2.26. The van der Waals surface area contributed by atoms with Crippen molar-refractivity contribution in [3.63, 3.8) is 0 Å². The van der Waals surface area contributed by atoms with E-state index >= 15 is 0 Å². The van der Waals surface area contributed by atoms with Gasteiger partial charge in [-0.2, -0.15) is 0 Å². The Kier molecular flexibility index (Phi) is 6.80. The Balaban J connectivity index is 2.37. The normalized spacial score (nSPS) is 11.6. The number of hydrogen-bond donors (Lipinski definition) is 2. The number of aromatic hydroxyl groups is 2. The summed E-state index contributed by atoms with van der Waals surface area (Å²) in [7, 11) is 1.65. The van der Waals surface area contributed by atoms with Crippen LogP contribution >= 0.6 is 0 Å². The first-order valence-corrected chi connectivity index (χ1v) is 9.93. The first-order valence-electron chi connectivity index (χ1n) is 9.93. The zero-order valence-corrected chi connectivity index (χ0v) is 17.6. The van der Waals surface area contributed by atoms with E-state index in [0.29, 0.717) is 5.56 Å². The highest BCUT2D eigenvalue weighted by Crippen LogP contribution is 2.43. The summed E-state index contributed by atoms with van der Waals surface area (Å²) in [5, 5.41) is 21.4. The van der Waals surface area contributed by atoms with Crippen LogP contribution in [-0.4, -0.2) is 17.3 Å². The van der Waals surface area contributed by atoms with Gasteiger partial charge in [-0.1, -0.05) is 46.5 Å². The molecular weight excluding hydrogens is 336 g/mol. The van der Waals surface area contributed by atoms with Gasteiger partial charge in [-0.05, 0) is 72.2 Å². The molecule has 2 aromatic rings. The summed E-state index contributed by atoms with van der Waals surface area (Å²) in [4.78, 5) is 0. The standard InChI is InChI=1S/C24H34O3/c1-7-8-9-10-11-24(4,5)19-14-20(25)22(21(26)15-19)18-12-16(2)23(27-6)17(3)13-18/h12-15,25-26H,7-11H2,1-6H3. The lowest BCUT2D eigenvalue weighted by atomic mass is 9.79. The van der Waals surface area contributed by atoms with Crippen LogP contribution in [0.25, 0.3) is 11.1 Å². The van der Waals surface area contributed by atoms with E-state index in [9.17, 15) is 10.2 Å². The van der Waals surface area contributed by atoms with Crippen molar-refractivity contribution in [3.05, 3.63) is 41.0 Å². The van der Waals surface area contributed by atoms with E-state index in [4.69, 9.17) is 4.74 Å². The fourth-order valence-electron chi connectivity index (χ4n) is 3.85. The molecule has 0 aliphatic carbocycles. The van der Waals surface area contributed by atoms with E-state index < -0.39 is 0 Å². The van der Waals surface area contributed by atoms with Crippen molar-refractivity contribution in [3.8, 4) is 28.4 Å². The Morgan fingerprint density at radius 2 is 1.44 bits per heavy atom. The number of phenolic OH excluding ortho intramolecular Hbond substituents is 2. The predicted octanol–water partition coefficient (Wildman–Crippen LogP) is 6.64. The zero-order valence-electron chi connectivity index (χ0n) is 17.6. The molecule has 2 N–H and O–H groups in total. The minimum atomic E-state index is -0.0903. The first-order chi connectivity index (χ1) is 12.7. The van der Waals surface area contributed by atoms with Crippen LogP contribution in [0.1, 0.15) is 69.6 Å². The van der Waals surface area contributed by atoms with Gasteiger partial charge >= 0.3 is 0 Å². The molecule has 0 radical (unpaired) electrons. The smallest absolute Gasteiger partial charge is 0.127 e. The number of unbranched alkanes of at least 4 members (excludes halogenated alkanes) is 3. The minimum Gasteiger partial charge on any atom is -0.507 e.